The fourth-order valence-electron chi connectivity index (χ4n) is 2.26. The van der Waals surface area contributed by atoms with E-state index in [2.05, 4.69) is 25.5 Å². The maximum absolute atomic E-state index is 11.9. The second kappa shape index (κ2) is 4.66. The van der Waals surface area contributed by atoms with E-state index in [0.29, 0.717) is 11.5 Å². The van der Waals surface area contributed by atoms with E-state index in [1.807, 2.05) is 18.2 Å². The second-order valence-electron chi connectivity index (χ2n) is 5.20. The average Bonchev–Trinajstić information content (AvgIpc) is 3.31. The van der Waals surface area contributed by atoms with Crippen molar-refractivity contribution in [3.05, 3.63) is 36.8 Å². The van der Waals surface area contributed by atoms with Crippen LogP contribution in [0.15, 0.2) is 36.8 Å². The van der Waals surface area contributed by atoms with Crippen LogP contribution < -0.4 is 5.32 Å². The molecule has 1 aliphatic carbocycles. The maximum atomic E-state index is 11.9. The van der Waals surface area contributed by atoms with Crippen LogP contribution in [0.5, 0.6) is 0 Å². The van der Waals surface area contributed by atoms with Crippen molar-refractivity contribution in [3.63, 3.8) is 0 Å². The first-order chi connectivity index (χ1) is 10.3. The van der Waals surface area contributed by atoms with Gasteiger partial charge in [-0.15, -0.1) is 0 Å². The molecule has 3 aromatic heterocycles. The van der Waals surface area contributed by atoms with Gasteiger partial charge in [-0.1, -0.05) is 6.07 Å². The number of rotatable bonds is 3. The summed E-state index contributed by atoms with van der Waals surface area (Å²) in [5.74, 6) is 0.810. The lowest BCUT2D eigenvalue weighted by atomic mass is 10.1. The molecule has 0 radical (unpaired) electrons. The number of pyridine rings is 2. The summed E-state index contributed by atoms with van der Waals surface area (Å²) in [4.78, 5) is 20.3. The van der Waals surface area contributed by atoms with Gasteiger partial charge >= 0.3 is 0 Å². The van der Waals surface area contributed by atoms with Crippen molar-refractivity contribution >= 4 is 22.8 Å². The Labute approximate surface area is 120 Å². The van der Waals surface area contributed by atoms with Gasteiger partial charge in [0.25, 0.3) is 0 Å². The second-order valence-corrected chi connectivity index (χ2v) is 5.20. The van der Waals surface area contributed by atoms with Gasteiger partial charge in [0.05, 0.1) is 5.39 Å². The van der Waals surface area contributed by atoms with Crippen LogP contribution in [0.1, 0.15) is 12.8 Å². The zero-order chi connectivity index (χ0) is 14.2. The Morgan fingerprint density at radius 3 is 2.95 bits per heavy atom. The summed E-state index contributed by atoms with van der Waals surface area (Å²) in [6, 6.07) is 5.81. The standard InChI is InChI=1S/C15H13N5O/c21-15(9-3-4-9)18-14-12-6-11(8-17-13(12)19-20-14)10-2-1-5-16-7-10/h1-2,5-9H,3-4H2,(H2,17,18,19,20,21). The van der Waals surface area contributed by atoms with Gasteiger partial charge in [-0.3, -0.25) is 14.9 Å². The van der Waals surface area contributed by atoms with Crippen LogP contribution >= 0.6 is 0 Å². The SMILES string of the molecule is O=C(Nc1[nH]nc2ncc(-c3cccnc3)cc12)C1CC1. The Morgan fingerprint density at radius 2 is 2.19 bits per heavy atom. The summed E-state index contributed by atoms with van der Waals surface area (Å²) in [5, 5.41) is 10.7. The molecule has 104 valence electrons. The zero-order valence-electron chi connectivity index (χ0n) is 11.2. The number of amides is 1. The third kappa shape index (κ3) is 2.24. The number of aromatic nitrogens is 4. The van der Waals surface area contributed by atoms with Crippen LogP contribution in [0.25, 0.3) is 22.2 Å². The van der Waals surface area contributed by atoms with Crippen molar-refractivity contribution in [3.8, 4) is 11.1 Å². The highest BCUT2D eigenvalue weighted by atomic mass is 16.2. The summed E-state index contributed by atoms with van der Waals surface area (Å²) in [6.45, 7) is 0. The number of carbonyl (C=O) groups excluding carboxylic acids is 1. The van der Waals surface area contributed by atoms with Crippen molar-refractivity contribution in [2.75, 3.05) is 5.32 Å². The van der Waals surface area contributed by atoms with Crippen molar-refractivity contribution in [1.82, 2.24) is 20.2 Å². The molecular weight excluding hydrogens is 266 g/mol. The van der Waals surface area contributed by atoms with Crippen molar-refractivity contribution in [1.29, 1.82) is 0 Å². The monoisotopic (exact) mass is 279 g/mol. The molecule has 0 atom stereocenters. The largest absolute Gasteiger partial charge is 0.310 e. The summed E-state index contributed by atoms with van der Waals surface area (Å²) < 4.78 is 0. The Hall–Kier alpha value is -2.76. The smallest absolute Gasteiger partial charge is 0.228 e. The van der Waals surface area contributed by atoms with Crippen LogP contribution in [0, 0.1) is 5.92 Å². The van der Waals surface area contributed by atoms with E-state index in [9.17, 15) is 4.79 Å². The minimum Gasteiger partial charge on any atom is -0.310 e. The predicted molar refractivity (Wildman–Crippen MR) is 78.5 cm³/mol. The Balaban J connectivity index is 1.73. The van der Waals surface area contributed by atoms with Crippen molar-refractivity contribution in [2.45, 2.75) is 12.8 Å². The molecule has 0 spiro atoms. The van der Waals surface area contributed by atoms with E-state index >= 15 is 0 Å². The number of hydrogen-bond acceptors (Lipinski definition) is 4. The van der Waals surface area contributed by atoms with E-state index in [0.717, 1.165) is 29.4 Å². The molecule has 2 N–H and O–H groups in total. The molecule has 0 saturated heterocycles. The molecule has 3 heterocycles. The molecule has 1 saturated carbocycles. The molecule has 0 unspecified atom stereocenters. The molecule has 3 aromatic rings. The predicted octanol–water partition coefficient (Wildman–Crippen LogP) is 2.37. The molecule has 6 heteroatoms. The highest BCUT2D eigenvalue weighted by Gasteiger charge is 2.30. The number of fused-ring (bicyclic) bond motifs is 1. The van der Waals surface area contributed by atoms with Gasteiger partial charge in [-0.25, -0.2) is 4.98 Å². The summed E-state index contributed by atoms with van der Waals surface area (Å²) in [6.07, 6.45) is 7.21. The highest BCUT2D eigenvalue weighted by Crippen LogP contribution is 2.31. The Kier molecular flexibility index (Phi) is 2.67. The average molecular weight is 279 g/mol. The molecule has 1 aliphatic rings. The Morgan fingerprint density at radius 1 is 1.29 bits per heavy atom. The number of carbonyl (C=O) groups is 1. The van der Waals surface area contributed by atoms with Crippen LogP contribution in [0.2, 0.25) is 0 Å². The van der Waals surface area contributed by atoms with Crippen LogP contribution in [0.3, 0.4) is 0 Å². The molecule has 0 aliphatic heterocycles. The normalized spacial score (nSPS) is 14.3. The summed E-state index contributed by atoms with van der Waals surface area (Å²) >= 11 is 0. The molecule has 21 heavy (non-hydrogen) atoms. The van der Waals surface area contributed by atoms with Crippen molar-refractivity contribution < 1.29 is 4.79 Å². The first-order valence-electron chi connectivity index (χ1n) is 6.86. The van der Waals surface area contributed by atoms with E-state index in [4.69, 9.17) is 0 Å². The number of aromatic amines is 1. The van der Waals surface area contributed by atoms with Gasteiger partial charge in [0.15, 0.2) is 5.65 Å². The van der Waals surface area contributed by atoms with Gasteiger partial charge in [0, 0.05) is 35.6 Å². The van der Waals surface area contributed by atoms with E-state index in [1.165, 1.54) is 0 Å². The first-order valence-corrected chi connectivity index (χ1v) is 6.86. The molecule has 0 bridgehead atoms. The van der Waals surface area contributed by atoms with Gasteiger partial charge in [0.1, 0.15) is 5.82 Å². The minimum absolute atomic E-state index is 0.0485. The third-order valence-electron chi connectivity index (χ3n) is 3.60. The van der Waals surface area contributed by atoms with Gasteiger partial charge < -0.3 is 5.32 Å². The number of nitrogens with zero attached hydrogens (tertiary/aromatic N) is 3. The number of H-pyrrole nitrogens is 1. The van der Waals surface area contributed by atoms with Crippen LogP contribution in [-0.4, -0.2) is 26.1 Å². The van der Waals surface area contributed by atoms with Gasteiger partial charge in [-0.05, 0) is 25.0 Å². The summed E-state index contributed by atoms with van der Waals surface area (Å²) in [5.41, 5.74) is 2.51. The quantitative estimate of drug-likeness (QED) is 0.771. The lowest BCUT2D eigenvalue weighted by Gasteiger charge is -2.03. The van der Waals surface area contributed by atoms with Gasteiger partial charge in [-0.2, -0.15) is 5.10 Å². The fraction of sp³-hybridized carbons (Fsp3) is 0.200. The Bertz CT molecular complexity index is 807. The van der Waals surface area contributed by atoms with E-state index in [-0.39, 0.29) is 11.8 Å². The molecule has 1 fully saturated rings. The maximum Gasteiger partial charge on any atom is 0.228 e. The van der Waals surface area contributed by atoms with Crippen LogP contribution in [-0.2, 0) is 4.79 Å². The number of anilines is 1. The van der Waals surface area contributed by atoms with Gasteiger partial charge in [0.2, 0.25) is 5.91 Å². The lowest BCUT2D eigenvalue weighted by Crippen LogP contribution is -2.13. The molecule has 6 nitrogen and oxygen atoms in total. The van der Waals surface area contributed by atoms with E-state index in [1.54, 1.807) is 18.6 Å². The molecule has 1 amide bonds. The molecule has 0 aromatic carbocycles. The van der Waals surface area contributed by atoms with Crippen molar-refractivity contribution in [2.24, 2.45) is 5.92 Å². The van der Waals surface area contributed by atoms with E-state index < -0.39 is 0 Å². The highest BCUT2D eigenvalue weighted by molar-refractivity contribution is 6.01. The first kappa shape index (κ1) is 12.0. The molecule has 4 rings (SSSR count). The molecular formula is C15H13N5O. The lowest BCUT2D eigenvalue weighted by molar-refractivity contribution is -0.117. The summed E-state index contributed by atoms with van der Waals surface area (Å²) in [7, 11) is 0. The minimum atomic E-state index is 0.0485. The number of nitrogens with one attached hydrogen (secondary N) is 2. The topological polar surface area (TPSA) is 83.6 Å². The number of hydrogen-bond donors (Lipinski definition) is 2. The van der Waals surface area contributed by atoms with Crippen LogP contribution in [0.4, 0.5) is 5.82 Å². The zero-order valence-corrected chi connectivity index (χ0v) is 11.2. The fourth-order valence-corrected chi connectivity index (χ4v) is 2.26. The third-order valence-corrected chi connectivity index (χ3v) is 3.60.